The summed E-state index contributed by atoms with van der Waals surface area (Å²) < 4.78 is 6.60. The molecular formula is C36H41NO5S. The molecule has 7 heteroatoms. The molecule has 1 heterocycles. The van der Waals surface area contributed by atoms with Gasteiger partial charge in [-0.15, -0.1) is 11.3 Å². The zero-order chi connectivity index (χ0) is 30.7. The SMILES string of the molecule is CC(C)(CCN(Cc1ccc(C(=O)O)cc1)CC(OCc1ccc(CCc2ccccc2)s1)c1ccccc1)CC(=O)O. The maximum atomic E-state index is 11.5. The Labute approximate surface area is 258 Å². The van der Waals surface area contributed by atoms with Crippen molar-refractivity contribution in [2.45, 2.75) is 58.8 Å². The van der Waals surface area contributed by atoms with Crippen LogP contribution in [0.3, 0.4) is 0 Å². The van der Waals surface area contributed by atoms with Crippen molar-refractivity contribution >= 4 is 23.3 Å². The second kappa shape index (κ2) is 15.6. The van der Waals surface area contributed by atoms with Crippen LogP contribution in [0.2, 0.25) is 0 Å². The molecule has 1 atom stereocenters. The first-order valence-electron chi connectivity index (χ1n) is 14.7. The third-order valence-corrected chi connectivity index (χ3v) is 8.70. The lowest BCUT2D eigenvalue weighted by Crippen LogP contribution is -2.33. The number of carboxylic acid groups (broad SMARTS) is 2. The quantitative estimate of drug-likeness (QED) is 0.128. The molecule has 6 nitrogen and oxygen atoms in total. The fraction of sp³-hybridized carbons (Fsp3) is 0.333. The highest BCUT2D eigenvalue weighted by molar-refractivity contribution is 7.11. The van der Waals surface area contributed by atoms with Gasteiger partial charge in [0.25, 0.3) is 0 Å². The molecule has 1 aromatic heterocycles. The first kappa shape index (κ1) is 32.1. The molecule has 226 valence electrons. The van der Waals surface area contributed by atoms with Crippen molar-refractivity contribution in [1.29, 1.82) is 0 Å². The van der Waals surface area contributed by atoms with E-state index in [0.717, 1.165) is 24.0 Å². The maximum absolute atomic E-state index is 11.5. The van der Waals surface area contributed by atoms with Crippen molar-refractivity contribution in [3.63, 3.8) is 0 Å². The number of ether oxygens (including phenoxy) is 1. The smallest absolute Gasteiger partial charge is 0.335 e. The zero-order valence-corrected chi connectivity index (χ0v) is 25.8. The summed E-state index contributed by atoms with van der Waals surface area (Å²) in [6.07, 6.45) is 2.60. The molecule has 1 unspecified atom stereocenters. The van der Waals surface area contributed by atoms with Gasteiger partial charge in [-0.25, -0.2) is 4.79 Å². The first-order chi connectivity index (χ1) is 20.7. The average molecular weight is 600 g/mol. The van der Waals surface area contributed by atoms with Crippen molar-refractivity contribution in [3.05, 3.63) is 129 Å². The summed E-state index contributed by atoms with van der Waals surface area (Å²) in [5.41, 5.74) is 3.30. The lowest BCUT2D eigenvalue weighted by Gasteiger charge is -2.31. The topological polar surface area (TPSA) is 87.1 Å². The Bertz CT molecular complexity index is 1430. The van der Waals surface area contributed by atoms with Gasteiger partial charge in [0.15, 0.2) is 0 Å². The highest BCUT2D eigenvalue weighted by Crippen LogP contribution is 2.28. The molecule has 0 aliphatic heterocycles. The summed E-state index contributed by atoms with van der Waals surface area (Å²) in [7, 11) is 0. The van der Waals surface area contributed by atoms with E-state index in [0.29, 0.717) is 32.7 Å². The molecule has 0 bridgehead atoms. The lowest BCUT2D eigenvalue weighted by atomic mass is 9.85. The third kappa shape index (κ3) is 10.8. The normalized spacial score (nSPS) is 12.3. The Morgan fingerprint density at radius 1 is 0.814 bits per heavy atom. The third-order valence-electron chi connectivity index (χ3n) is 7.58. The van der Waals surface area contributed by atoms with Gasteiger partial charge in [0, 0.05) is 22.8 Å². The number of carbonyl (C=O) groups is 2. The lowest BCUT2D eigenvalue weighted by molar-refractivity contribution is -0.139. The van der Waals surface area contributed by atoms with Crippen LogP contribution in [0.25, 0.3) is 0 Å². The Hall–Kier alpha value is -3.78. The molecule has 0 aliphatic rings. The van der Waals surface area contributed by atoms with E-state index in [2.05, 4.69) is 53.4 Å². The van der Waals surface area contributed by atoms with Crippen LogP contribution in [0.15, 0.2) is 97.1 Å². The van der Waals surface area contributed by atoms with Gasteiger partial charge in [0.05, 0.1) is 24.7 Å². The predicted octanol–water partition coefficient (Wildman–Crippen LogP) is 7.88. The summed E-state index contributed by atoms with van der Waals surface area (Å²) in [4.78, 5) is 27.6. The van der Waals surface area contributed by atoms with Crippen molar-refractivity contribution in [3.8, 4) is 0 Å². The van der Waals surface area contributed by atoms with Crippen molar-refractivity contribution < 1.29 is 24.5 Å². The van der Waals surface area contributed by atoms with Crippen LogP contribution in [0, 0.1) is 5.41 Å². The van der Waals surface area contributed by atoms with Gasteiger partial charge in [0.2, 0.25) is 0 Å². The second-order valence-corrected chi connectivity index (χ2v) is 13.0. The number of aromatic carboxylic acids is 1. The summed E-state index contributed by atoms with van der Waals surface area (Å²) in [5, 5.41) is 18.7. The minimum atomic E-state index is -0.951. The Morgan fingerprint density at radius 3 is 2.12 bits per heavy atom. The first-order valence-corrected chi connectivity index (χ1v) is 15.5. The number of hydrogen-bond donors (Lipinski definition) is 2. The molecule has 3 aromatic carbocycles. The highest BCUT2D eigenvalue weighted by atomic mass is 32.1. The molecule has 2 N–H and O–H groups in total. The van der Waals surface area contributed by atoms with Gasteiger partial charge in [-0.05, 0) is 72.2 Å². The molecule has 0 radical (unpaired) electrons. The van der Waals surface area contributed by atoms with Crippen LogP contribution in [0.1, 0.15) is 69.6 Å². The van der Waals surface area contributed by atoms with E-state index in [1.807, 2.05) is 50.2 Å². The monoisotopic (exact) mass is 599 g/mol. The summed E-state index contributed by atoms with van der Waals surface area (Å²) >= 11 is 1.79. The molecule has 0 fully saturated rings. The fourth-order valence-corrected chi connectivity index (χ4v) is 6.03. The van der Waals surface area contributed by atoms with Gasteiger partial charge in [0.1, 0.15) is 0 Å². The number of rotatable bonds is 17. The maximum Gasteiger partial charge on any atom is 0.335 e. The van der Waals surface area contributed by atoms with Crippen LogP contribution in [0.4, 0.5) is 0 Å². The van der Waals surface area contributed by atoms with Crippen molar-refractivity contribution in [1.82, 2.24) is 4.90 Å². The minimum absolute atomic E-state index is 0.0950. The molecule has 0 saturated heterocycles. The van der Waals surface area contributed by atoms with Gasteiger partial charge >= 0.3 is 11.9 Å². The summed E-state index contributed by atoms with van der Waals surface area (Å²) in [5.74, 6) is -1.75. The molecule has 43 heavy (non-hydrogen) atoms. The highest BCUT2D eigenvalue weighted by Gasteiger charge is 2.25. The van der Waals surface area contributed by atoms with E-state index >= 15 is 0 Å². The van der Waals surface area contributed by atoms with E-state index in [9.17, 15) is 19.8 Å². The predicted molar refractivity (Wildman–Crippen MR) is 171 cm³/mol. The number of hydrogen-bond acceptors (Lipinski definition) is 5. The van der Waals surface area contributed by atoms with Crippen LogP contribution in [-0.2, 0) is 35.5 Å². The van der Waals surface area contributed by atoms with E-state index < -0.39 is 11.9 Å². The standard InChI is InChI=1S/C36H41NO5S/c1-36(2,23-34(38)39)21-22-37(24-28-13-16-30(17-14-28)35(40)41)25-33(29-11-7-4-8-12-29)42-26-32-20-19-31(43-32)18-15-27-9-5-3-6-10-27/h3-14,16-17,19-20,33H,15,18,21-26H2,1-2H3,(H,38,39)(H,40,41). The van der Waals surface area contributed by atoms with Crippen LogP contribution in [0.5, 0.6) is 0 Å². The fourth-order valence-electron chi connectivity index (χ4n) is 5.09. The molecule has 0 spiro atoms. The number of carboxylic acids is 2. The molecular weight excluding hydrogens is 558 g/mol. The van der Waals surface area contributed by atoms with E-state index in [-0.39, 0.29) is 23.5 Å². The van der Waals surface area contributed by atoms with Gasteiger partial charge in [-0.2, -0.15) is 0 Å². The van der Waals surface area contributed by atoms with Gasteiger partial charge in [-0.1, -0.05) is 86.6 Å². The molecule has 4 aromatic rings. The molecule has 0 aliphatic carbocycles. The molecule has 4 rings (SSSR count). The van der Waals surface area contributed by atoms with Crippen molar-refractivity contribution in [2.24, 2.45) is 5.41 Å². The Kier molecular flexibility index (Phi) is 11.7. The van der Waals surface area contributed by atoms with E-state index in [1.54, 1.807) is 23.5 Å². The second-order valence-electron chi connectivity index (χ2n) is 11.8. The largest absolute Gasteiger partial charge is 0.481 e. The average Bonchev–Trinajstić information content (AvgIpc) is 3.45. The summed E-state index contributed by atoms with van der Waals surface area (Å²) in [6.45, 7) is 6.35. The number of nitrogens with zero attached hydrogens (tertiary/aromatic N) is 1. The Balaban J connectivity index is 1.47. The molecule has 0 amide bonds. The number of thiophene rings is 1. The van der Waals surface area contributed by atoms with Crippen LogP contribution >= 0.6 is 11.3 Å². The number of benzene rings is 3. The van der Waals surface area contributed by atoms with Gasteiger partial charge in [-0.3, -0.25) is 9.69 Å². The number of aliphatic carboxylic acids is 1. The number of aryl methyl sites for hydroxylation is 2. The van der Waals surface area contributed by atoms with Crippen molar-refractivity contribution in [2.75, 3.05) is 13.1 Å². The zero-order valence-electron chi connectivity index (χ0n) is 24.9. The summed E-state index contributed by atoms with van der Waals surface area (Å²) in [6, 6.07) is 32.0. The van der Waals surface area contributed by atoms with Crippen LogP contribution in [-0.4, -0.2) is 40.1 Å². The van der Waals surface area contributed by atoms with Crippen LogP contribution < -0.4 is 0 Å². The van der Waals surface area contributed by atoms with E-state index in [1.165, 1.54) is 15.3 Å². The van der Waals surface area contributed by atoms with Gasteiger partial charge < -0.3 is 14.9 Å². The van der Waals surface area contributed by atoms with E-state index in [4.69, 9.17) is 4.74 Å². The minimum Gasteiger partial charge on any atom is -0.481 e. The Morgan fingerprint density at radius 2 is 1.47 bits per heavy atom. The molecule has 0 saturated carbocycles.